The third kappa shape index (κ3) is 1.89. The molecule has 1 aromatic carbocycles. The van der Waals surface area contributed by atoms with Crippen molar-refractivity contribution < 1.29 is 13.7 Å². The predicted octanol–water partition coefficient (Wildman–Crippen LogP) is 1.04. The Morgan fingerprint density at radius 1 is 1.41 bits per heavy atom. The summed E-state index contributed by atoms with van der Waals surface area (Å²) in [5, 5.41) is 17.4. The molecule has 0 fully saturated rings. The lowest BCUT2D eigenvalue weighted by atomic mass is 10.2. The van der Waals surface area contributed by atoms with Crippen LogP contribution in [0.2, 0.25) is 0 Å². The molecule has 0 aliphatic carbocycles. The Hall–Kier alpha value is -2.58. The highest BCUT2D eigenvalue weighted by Crippen LogP contribution is 2.26. The number of halogens is 2. The highest BCUT2D eigenvalue weighted by atomic mass is 19.1. The fourth-order valence-corrected chi connectivity index (χ4v) is 1.30. The highest BCUT2D eigenvalue weighted by molar-refractivity contribution is 5.53. The van der Waals surface area contributed by atoms with Gasteiger partial charge in [0, 0.05) is 6.07 Å². The van der Waals surface area contributed by atoms with Crippen molar-refractivity contribution in [2.45, 2.75) is 0 Å². The average Bonchev–Trinajstić information content (AvgIpc) is 2.63. The van der Waals surface area contributed by atoms with Crippen LogP contribution < -0.4 is 5.73 Å². The molecule has 2 N–H and O–H groups in total. The summed E-state index contributed by atoms with van der Waals surface area (Å²) in [5.74, 6) is -2.21. The number of rotatable bonds is 2. The maximum Gasteiger partial charge on any atom is 0.300 e. The number of nitro groups is 1. The normalized spacial score (nSPS) is 10.5. The Morgan fingerprint density at radius 2 is 2.12 bits per heavy atom. The van der Waals surface area contributed by atoms with Gasteiger partial charge >= 0.3 is 5.69 Å². The van der Waals surface area contributed by atoms with Crippen LogP contribution in [-0.2, 0) is 0 Å². The minimum atomic E-state index is -1.12. The first-order chi connectivity index (χ1) is 7.99. The van der Waals surface area contributed by atoms with E-state index in [4.69, 9.17) is 5.73 Å². The van der Waals surface area contributed by atoms with Crippen LogP contribution in [0.15, 0.2) is 18.3 Å². The van der Waals surface area contributed by atoms with Crippen LogP contribution in [0.25, 0.3) is 5.69 Å². The monoisotopic (exact) mass is 241 g/mol. The Morgan fingerprint density at radius 3 is 2.65 bits per heavy atom. The Bertz CT molecular complexity index is 598. The molecule has 0 saturated heterocycles. The van der Waals surface area contributed by atoms with Gasteiger partial charge in [-0.15, -0.1) is 5.10 Å². The first kappa shape index (κ1) is 10.9. The van der Waals surface area contributed by atoms with Crippen molar-refractivity contribution in [1.29, 1.82) is 0 Å². The molecule has 0 spiro atoms. The molecule has 9 heteroatoms. The van der Waals surface area contributed by atoms with Crippen molar-refractivity contribution in [2.75, 3.05) is 5.73 Å². The molecule has 0 aliphatic heterocycles. The summed E-state index contributed by atoms with van der Waals surface area (Å²) in [4.78, 5) is 9.77. The second-order valence-electron chi connectivity index (χ2n) is 3.10. The summed E-state index contributed by atoms with van der Waals surface area (Å²) in [5.41, 5.74) is 3.99. The number of nitro benzene ring substituents is 1. The Kier molecular flexibility index (Phi) is 2.42. The second-order valence-corrected chi connectivity index (χ2v) is 3.10. The lowest BCUT2D eigenvalue weighted by Gasteiger charge is -2.03. The van der Waals surface area contributed by atoms with Crippen molar-refractivity contribution in [1.82, 2.24) is 15.0 Å². The van der Waals surface area contributed by atoms with E-state index in [1.807, 2.05) is 0 Å². The summed E-state index contributed by atoms with van der Waals surface area (Å²) in [6.07, 6.45) is 1.09. The zero-order valence-corrected chi connectivity index (χ0v) is 8.17. The summed E-state index contributed by atoms with van der Waals surface area (Å²) in [7, 11) is 0. The SMILES string of the molecule is Nc1cn(-c2c(F)cc(F)cc2[N+](=O)[O-])nn1. The van der Waals surface area contributed by atoms with Crippen molar-refractivity contribution >= 4 is 11.5 Å². The van der Waals surface area contributed by atoms with E-state index >= 15 is 0 Å². The van der Waals surface area contributed by atoms with Gasteiger partial charge in [0.25, 0.3) is 0 Å². The maximum atomic E-state index is 13.5. The average molecular weight is 241 g/mol. The molecule has 1 heterocycles. The van der Waals surface area contributed by atoms with Gasteiger partial charge in [-0.25, -0.2) is 13.5 Å². The number of nitrogens with zero attached hydrogens (tertiary/aromatic N) is 4. The van der Waals surface area contributed by atoms with Gasteiger partial charge in [-0.05, 0) is 0 Å². The van der Waals surface area contributed by atoms with E-state index in [0.29, 0.717) is 12.1 Å². The summed E-state index contributed by atoms with van der Waals surface area (Å²) >= 11 is 0. The minimum Gasteiger partial charge on any atom is -0.381 e. The number of anilines is 1. The van der Waals surface area contributed by atoms with Gasteiger partial charge in [0.05, 0.1) is 17.2 Å². The highest BCUT2D eigenvalue weighted by Gasteiger charge is 2.23. The predicted molar refractivity (Wildman–Crippen MR) is 52.3 cm³/mol. The topological polar surface area (TPSA) is 99.9 Å². The van der Waals surface area contributed by atoms with Gasteiger partial charge in [-0.1, -0.05) is 5.21 Å². The van der Waals surface area contributed by atoms with E-state index in [9.17, 15) is 18.9 Å². The van der Waals surface area contributed by atoms with Gasteiger partial charge in [0.2, 0.25) is 0 Å². The van der Waals surface area contributed by atoms with Gasteiger partial charge < -0.3 is 5.73 Å². The summed E-state index contributed by atoms with van der Waals surface area (Å²) in [6.45, 7) is 0. The van der Waals surface area contributed by atoms with E-state index < -0.39 is 27.9 Å². The van der Waals surface area contributed by atoms with Gasteiger partial charge in [-0.2, -0.15) is 0 Å². The van der Waals surface area contributed by atoms with E-state index in [1.165, 1.54) is 0 Å². The molecule has 0 radical (unpaired) electrons. The van der Waals surface area contributed by atoms with E-state index in [2.05, 4.69) is 10.3 Å². The van der Waals surface area contributed by atoms with Crippen molar-refractivity contribution in [3.05, 3.63) is 40.1 Å². The van der Waals surface area contributed by atoms with E-state index in [1.54, 1.807) is 0 Å². The Labute approximate surface area is 92.6 Å². The van der Waals surface area contributed by atoms with Crippen LogP contribution in [-0.4, -0.2) is 19.9 Å². The van der Waals surface area contributed by atoms with Gasteiger partial charge in [0.1, 0.15) is 5.82 Å². The Balaban J connectivity index is 2.71. The molecular formula is C8H5F2N5O2. The molecule has 0 aliphatic rings. The molecule has 1 aromatic heterocycles. The van der Waals surface area contributed by atoms with Crippen LogP contribution in [0.1, 0.15) is 0 Å². The largest absolute Gasteiger partial charge is 0.381 e. The zero-order valence-electron chi connectivity index (χ0n) is 8.17. The summed E-state index contributed by atoms with van der Waals surface area (Å²) in [6, 6.07) is 1.11. The number of benzene rings is 1. The first-order valence-corrected chi connectivity index (χ1v) is 4.30. The lowest BCUT2D eigenvalue weighted by Crippen LogP contribution is -2.05. The number of nitrogen functional groups attached to an aromatic ring is 1. The van der Waals surface area contributed by atoms with Crippen LogP contribution in [0, 0.1) is 21.7 Å². The molecule has 7 nitrogen and oxygen atoms in total. The maximum absolute atomic E-state index is 13.5. The van der Waals surface area contributed by atoms with Crippen molar-refractivity contribution in [3.8, 4) is 5.69 Å². The molecule has 0 atom stereocenters. The molecule has 0 saturated carbocycles. The zero-order chi connectivity index (χ0) is 12.6. The molecular weight excluding hydrogens is 236 g/mol. The number of nitrogens with two attached hydrogens (primary N) is 1. The molecule has 17 heavy (non-hydrogen) atoms. The smallest absolute Gasteiger partial charge is 0.300 e. The van der Waals surface area contributed by atoms with Gasteiger partial charge in [0.15, 0.2) is 17.3 Å². The van der Waals surface area contributed by atoms with Crippen LogP contribution in [0.3, 0.4) is 0 Å². The van der Waals surface area contributed by atoms with Gasteiger partial charge in [-0.3, -0.25) is 10.1 Å². The molecule has 0 bridgehead atoms. The number of hydrogen-bond acceptors (Lipinski definition) is 5. The third-order valence-electron chi connectivity index (χ3n) is 1.94. The van der Waals surface area contributed by atoms with E-state index in [-0.39, 0.29) is 5.82 Å². The fraction of sp³-hybridized carbons (Fsp3) is 0. The van der Waals surface area contributed by atoms with Crippen molar-refractivity contribution in [3.63, 3.8) is 0 Å². The molecule has 0 unspecified atom stereocenters. The second kappa shape index (κ2) is 3.77. The number of hydrogen-bond donors (Lipinski definition) is 1. The van der Waals surface area contributed by atoms with Crippen molar-refractivity contribution in [2.24, 2.45) is 0 Å². The number of aromatic nitrogens is 3. The van der Waals surface area contributed by atoms with E-state index in [0.717, 1.165) is 10.9 Å². The quantitative estimate of drug-likeness (QED) is 0.625. The standard InChI is InChI=1S/C8H5F2N5O2/c9-4-1-5(10)8(6(2-4)15(16)17)14-3-7(11)12-13-14/h1-3H,11H2. The molecule has 2 aromatic rings. The van der Waals surface area contributed by atoms with Crippen LogP contribution in [0.5, 0.6) is 0 Å². The third-order valence-corrected chi connectivity index (χ3v) is 1.94. The summed E-state index contributed by atoms with van der Waals surface area (Å²) < 4.78 is 27.1. The lowest BCUT2D eigenvalue weighted by molar-refractivity contribution is -0.385. The van der Waals surface area contributed by atoms with Crippen LogP contribution >= 0.6 is 0 Å². The molecule has 0 amide bonds. The molecule has 2 rings (SSSR count). The fourth-order valence-electron chi connectivity index (χ4n) is 1.30. The molecule has 88 valence electrons. The van der Waals surface area contributed by atoms with Crippen LogP contribution in [0.4, 0.5) is 20.3 Å². The minimum absolute atomic E-state index is 0.0389. The first-order valence-electron chi connectivity index (χ1n) is 4.30.